The zero-order valence-electron chi connectivity index (χ0n) is 15.9. The third kappa shape index (κ3) is 5.29. The van der Waals surface area contributed by atoms with Crippen molar-refractivity contribution in [1.82, 2.24) is 10.3 Å². The number of amides is 2. The summed E-state index contributed by atoms with van der Waals surface area (Å²) in [6, 6.07) is 9.39. The number of anilines is 2. The van der Waals surface area contributed by atoms with Crippen molar-refractivity contribution in [3.05, 3.63) is 53.2 Å². The number of aryl methyl sites for hydroxylation is 2. The molecule has 1 aliphatic heterocycles. The van der Waals surface area contributed by atoms with Gasteiger partial charge in [-0.25, -0.2) is 4.98 Å². The van der Waals surface area contributed by atoms with E-state index in [0.29, 0.717) is 11.4 Å². The molecule has 0 aliphatic carbocycles. The Morgan fingerprint density at radius 2 is 1.74 bits per heavy atom. The number of hydrogen-bond donors (Lipinski definition) is 2. The van der Waals surface area contributed by atoms with E-state index in [0.717, 1.165) is 29.9 Å². The van der Waals surface area contributed by atoms with Crippen LogP contribution in [-0.2, 0) is 4.79 Å². The molecule has 0 bridgehead atoms. The van der Waals surface area contributed by atoms with Gasteiger partial charge in [-0.1, -0.05) is 17.2 Å². The molecular formula is C21H26N4O2. The van der Waals surface area contributed by atoms with E-state index in [1.165, 1.54) is 19.3 Å². The molecule has 0 unspecified atom stereocenters. The van der Waals surface area contributed by atoms with Crippen molar-refractivity contribution in [3.8, 4) is 0 Å². The number of benzene rings is 1. The number of piperidine rings is 1. The Bertz CT molecular complexity index is 791. The summed E-state index contributed by atoms with van der Waals surface area (Å²) < 4.78 is 0. The van der Waals surface area contributed by atoms with Crippen LogP contribution in [0.15, 0.2) is 36.5 Å². The topological polar surface area (TPSA) is 74.3 Å². The summed E-state index contributed by atoms with van der Waals surface area (Å²) in [6.07, 6.45) is 5.48. The van der Waals surface area contributed by atoms with Crippen LogP contribution in [-0.4, -0.2) is 36.4 Å². The van der Waals surface area contributed by atoms with Crippen LogP contribution in [0.4, 0.5) is 11.5 Å². The number of hydrogen-bond acceptors (Lipinski definition) is 4. The van der Waals surface area contributed by atoms with Gasteiger partial charge < -0.3 is 15.5 Å². The van der Waals surface area contributed by atoms with E-state index in [9.17, 15) is 9.59 Å². The molecule has 1 saturated heterocycles. The molecule has 1 aliphatic rings. The largest absolute Gasteiger partial charge is 0.370 e. The van der Waals surface area contributed by atoms with E-state index >= 15 is 0 Å². The Labute approximate surface area is 160 Å². The minimum Gasteiger partial charge on any atom is -0.370 e. The molecule has 2 aromatic rings. The van der Waals surface area contributed by atoms with E-state index in [2.05, 4.69) is 20.5 Å². The number of pyridine rings is 1. The van der Waals surface area contributed by atoms with Gasteiger partial charge in [0.1, 0.15) is 5.82 Å². The Morgan fingerprint density at radius 3 is 2.37 bits per heavy atom. The molecule has 0 radical (unpaired) electrons. The lowest BCUT2D eigenvalue weighted by Gasteiger charge is -2.28. The van der Waals surface area contributed by atoms with Gasteiger partial charge in [-0.2, -0.15) is 0 Å². The molecule has 0 atom stereocenters. The van der Waals surface area contributed by atoms with Gasteiger partial charge in [-0.15, -0.1) is 0 Å². The van der Waals surface area contributed by atoms with Crippen molar-refractivity contribution < 1.29 is 9.59 Å². The van der Waals surface area contributed by atoms with Gasteiger partial charge in [-0.3, -0.25) is 9.59 Å². The predicted octanol–water partition coefficient (Wildman–Crippen LogP) is 3.06. The molecule has 6 nitrogen and oxygen atoms in total. The first-order valence-electron chi connectivity index (χ1n) is 9.38. The molecule has 142 valence electrons. The van der Waals surface area contributed by atoms with E-state index in [4.69, 9.17) is 0 Å². The standard InChI is InChI=1S/C21H26N4O2/c1-15-10-16(2)12-17(11-15)21(27)23-14-20(26)24-19-7-6-18(13-22-19)25-8-4-3-5-9-25/h6-7,10-13H,3-5,8-9,14H2,1-2H3,(H,23,27)(H,22,24,26). The maximum Gasteiger partial charge on any atom is 0.251 e. The molecule has 1 aromatic carbocycles. The van der Waals surface area contributed by atoms with Gasteiger partial charge in [0.05, 0.1) is 18.4 Å². The average Bonchev–Trinajstić information content (AvgIpc) is 2.66. The molecule has 0 spiro atoms. The number of carbonyl (C=O) groups excluding carboxylic acids is 2. The van der Waals surface area contributed by atoms with Crippen molar-refractivity contribution in [1.29, 1.82) is 0 Å². The highest BCUT2D eigenvalue weighted by atomic mass is 16.2. The molecule has 2 amide bonds. The lowest BCUT2D eigenvalue weighted by molar-refractivity contribution is -0.115. The number of nitrogens with one attached hydrogen (secondary N) is 2. The van der Waals surface area contributed by atoms with Gasteiger partial charge in [0, 0.05) is 18.7 Å². The zero-order valence-corrected chi connectivity index (χ0v) is 15.9. The second-order valence-electron chi connectivity index (χ2n) is 7.06. The average molecular weight is 366 g/mol. The fourth-order valence-electron chi connectivity index (χ4n) is 3.35. The lowest BCUT2D eigenvalue weighted by atomic mass is 10.1. The van der Waals surface area contributed by atoms with Crippen molar-refractivity contribution in [2.24, 2.45) is 0 Å². The van der Waals surface area contributed by atoms with E-state index in [1.54, 1.807) is 24.4 Å². The zero-order chi connectivity index (χ0) is 19.2. The summed E-state index contributed by atoms with van der Waals surface area (Å²) in [5, 5.41) is 5.37. The molecule has 2 N–H and O–H groups in total. The van der Waals surface area contributed by atoms with Crippen LogP contribution in [0, 0.1) is 13.8 Å². The van der Waals surface area contributed by atoms with Gasteiger partial charge >= 0.3 is 0 Å². The minimum atomic E-state index is -0.300. The molecule has 1 aromatic heterocycles. The van der Waals surface area contributed by atoms with Crippen molar-refractivity contribution in [2.45, 2.75) is 33.1 Å². The Kier molecular flexibility index (Phi) is 6.06. The van der Waals surface area contributed by atoms with Crippen molar-refractivity contribution in [2.75, 3.05) is 29.9 Å². The quantitative estimate of drug-likeness (QED) is 0.853. The molecule has 1 fully saturated rings. The first kappa shape index (κ1) is 18.9. The van der Waals surface area contributed by atoms with Crippen LogP contribution in [0.3, 0.4) is 0 Å². The number of carbonyl (C=O) groups is 2. The van der Waals surface area contributed by atoms with E-state index in [-0.39, 0.29) is 18.4 Å². The summed E-state index contributed by atoms with van der Waals surface area (Å²) >= 11 is 0. The van der Waals surface area contributed by atoms with Crippen LogP contribution in [0.25, 0.3) is 0 Å². The number of rotatable bonds is 5. The molecule has 0 saturated carbocycles. The highest BCUT2D eigenvalue weighted by Gasteiger charge is 2.12. The highest BCUT2D eigenvalue weighted by molar-refractivity contribution is 5.99. The number of nitrogens with zero attached hydrogens (tertiary/aromatic N) is 2. The van der Waals surface area contributed by atoms with Crippen molar-refractivity contribution in [3.63, 3.8) is 0 Å². The van der Waals surface area contributed by atoms with E-state index in [1.807, 2.05) is 26.0 Å². The SMILES string of the molecule is Cc1cc(C)cc(C(=O)NCC(=O)Nc2ccc(N3CCCCC3)cn2)c1. The molecule has 6 heteroatoms. The summed E-state index contributed by atoms with van der Waals surface area (Å²) in [5.74, 6) is -0.0716. The first-order valence-corrected chi connectivity index (χ1v) is 9.38. The van der Waals surface area contributed by atoms with Gasteiger partial charge in [0.25, 0.3) is 5.91 Å². The Morgan fingerprint density at radius 1 is 1.04 bits per heavy atom. The van der Waals surface area contributed by atoms with Crippen LogP contribution < -0.4 is 15.5 Å². The van der Waals surface area contributed by atoms with Crippen LogP contribution in [0.1, 0.15) is 40.7 Å². The highest BCUT2D eigenvalue weighted by Crippen LogP contribution is 2.19. The normalized spacial score (nSPS) is 13.9. The Hall–Kier alpha value is -2.89. The number of aromatic nitrogens is 1. The summed E-state index contributed by atoms with van der Waals surface area (Å²) in [7, 11) is 0. The van der Waals surface area contributed by atoms with E-state index < -0.39 is 0 Å². The monoisotopic (exact) mass is 366 g/mol. The van der Waals surface area contributed by atoms with Crippen LogP contribution in [0.2, 0.25) is 0 Å². The predicted molar refractivity (Wildman–Crippen MR) is 107 cm³/mol. The first-order chi connectivity index (χ1) is 13.0. The maximum atomic E-state index is 12.2. The second-order valence-corrected chi connectivity index (χ2v) is 7.06. The molecular weight excluding hydrogens is 340 g/mol. The summed E-state index contributed by atoms with van der Waals surface area (Å²) in [5.41, 5.74) is 3.67. The summed E-state index contributed by atoms with van der Waals surface area (Å²) in [4.78, 5) is 30.9. The van der Waals surface area contributed by atoms with Gasteiger partial charge in [0.15, 0.2) is 0 Å². The Balaban J connectivity index is 1.50. The van der Waals surface area contributed by atoms with Gasteiger partial charge in [0.2, 0.25) is 5.91 Å². The molecule has 2 heterocycles. The second kappa shape index (κ2) is 8.66. The van der Waals surface area contributed by atoms with Gasteiger partial charge in [-0.05, 0) is 57.4 Å². The van der Waals surface area contributed by atoms with Crippen LogP contribution >= 0.6 is 0 Å². The third-order valence-electron chi connectivity index (χ3n) is 4.63. The fourth-order valence-corrected chi connectivity index (χ4v) is 3.35. The van der Waals surface area contributed by atoms with Crippen molar-refractivity contribution >= 4 is 23.3 Å². The lowest BCUT2D eigenvalue weighted by Crippen LogP contribution is -2.33. The smallest absolute Gasteiger partial charge is 0.251 e. The maximum absolute atomic E-state index is 12.2. The van der Waals surface area contributed by atoms with Crippen LogP contribution in [0.5, 0.6) is 0 Å². The molecule has 3 rings (SSSR count). The molecule has 27 heavy (non-hydrogen) atoms. The fraction of sp³-hybridized carbons (Fsp3) is 0.381. The minimum absolute atomic E-state index is 0.0959. The summed E-state index contributed by atoms with van der Waals surface area (Å²) in [6.45, 7) is 5.89. The third-order valence-corrected chi connectivity index (χ3v) is 4.63.